The summed E-state index contributed by atoms with van der Waals surface area (Å²) in [6.45, 7) is 4.40. The van der Waals surface area contributed by atoms with Gasteiger partial charge >= 0.3 is 156 Å². The number of hydrogen-bond donors (Lipinski definition) is 0. The van der Waals surface area contributed by atoms with Crippen LogP contribution in [0, 0.1) is 6.92 Å². The minimum atomic E-state index is 0.344. The topological polar surface area (TPSA) is 0 Å². The van der Waals surface area contributed by atoms with Crippen LogP contribution in [0.5, 0.6) is 0 Å². The first-order valence-electron chi connectivity index (χ1n) is 7.52. The Labute approximate surface area is 155 Å². The minimum absolute atomic E-state index is 0.344. The van der Waals surface area contributed by atoms with Gasteiger partial charge in [0.05, 0.1) is 0 Å². The average molecular weight is 487 g/mol. The van der Waals surface area contributed by atoms with Crippen LogP contribution < -0.4 is 8.92 Å². The van der Waals surface area contributed by atoms with Gasteiger partial charge in [-0.3, -0.25) is 0 Å². The summed E-state index contributed by atoms with van der Waals surface area (Å²) in [6, 6.07) is 17.7. The second kappa shape index (κ2) is 9.75. The molecular formula is C19H21BrSe2. The van der Waals surface area contributed by atoms with Crippen LogP contribution in [-0.2, 0) is 0 Å². The molecule has 0 fully saturated rings. The van der Waals surface area contributed by atoms with Crippen LogP contribution in [0.25, 0.3) is 6.08 Å². The molecule has 0 unspecified atom stereocenters. The molecule has 22 heavy (non-hydrogen) atoms. The van der Waals surface area contributed by atoms with Crippen molar-refractivity contribution in [3.63, 3.8) is 0 Å². The zero-order valence-corrected chi connectivity index (χ0v) is 18.0. The van der Waals surface area contributed by atoms with E-state index in [1.54, 1.807) is 0 Å². The molecule has 2 aromatic carbocycles. The quantitative estimate of drug-likeness (QED) is 0.405. The summed E-state index contributed by atoms with van der Waals surface area (Å²) < 4.78 is 4.25. The van der Waals surface area contributed by atoms with E-state index in [1.807, 2.05) is 0 Å². The SMILES string of the molecule is CCCC[Se]c1ccccc1/C=C(/Br)[Se]c1ccc(C)cc1. The standard InChI is InChI=1S/C19H21BrSe2/c1-3-4-13-21-18-8-6-5-7-16(18)14-19(20)22-17-11-9-15(2)10-12-17/h5-12,14H,3-4,13H2,1-2H3/b19-14-. The van der Waals surface area contributed by atoms with Crippen molar-refractivity contribution in [2.24, 2.45) is 0 Å². The first kappa shape index (κ1) is 18.0. The third-order valence-electron chi connectivity index (χ3n) is 3.18. The molecule has 0 aliphatic heterocycles. The van der Waals surface area contributed by atoms with Crippen LogP contribution in [0.4, 0.5) is 0 Å². The summed E-state index contributed by atoms with van der Waals surface area (Å²) >= 11 is 4.72. The molecule has 116 valence electrons. The van der Waals surface area contributed by atoms with E-state index in [0.717, 1.165) is 0 Å². The van der Waals surface area contributed by atoms with Gasteiger partial charge in [-0.25, -0.2) is 0 Å². The predicted molar refractivity (Wildman–Crippen MR) is 105 cm³/mol. The molecule has 2 aromatic rings. The first-order valence-corrected chi connectivity index (χ1v) is 12.1. The third kappa shape index (κ3) is 6.07. The van der Waals surface area contributed by atoms with E-state index in [1.165, 1.54) is 41.6 Å². The van der Waals surface area contributed by atoms with E-state index in [-0.39, 0.29) is 0 Å². The van der Waals surface area contributed by atoms with Gasteiger partial charge in [0.1, 0.15) is 0 Å². The molecule has 0 aliphatic carbocycles. The molecule has 0 aliphatic rings. The van der Waals surface area contributed by atoms with Gasteiger partial charge in [0.25, 0.3) is 0 Å². The van der Waals surface area contributed by atoms with Gasteiger partial charge < -0.3 is 0 Å². The van der Waals surface area contributed by atoms with E-state index in [0.29, 0.717) is 29.9 Å². The number of aryl methyl sites for hydroxylation is 1. The second-order valence-electron chi connectivity index (χ2n) is 5.10. The summed E-state index contributed by atoms with van der Waals surface area (Å²) in [6.07, 6.45) is 4.95. The van der Waals surface area contributed by atoms with Crippen LogP contribution in [0.2, 0.25) is 5.32 Å². The fraction of sp³-hybridized carbons (Fsp3) is 0.263. The summed E-state index contributed by atoms with van der Waals surface area (Å²) in [5.41, 5.74) is 2.71. The average Bonchev–Trinajstić information content (AvgIpc) is 2.51. The molecule has 3 heteroatoms. The Hall–Kier alpha value is -0.301. The molecule has 0 nitrogen and oxygen atoms in total. The predicted octanol–water partition coefficient (Wildman–Crippen LogP) is 4.27. The van der Waals surface area contributed by atoms with E-state index < -0.39 is 0 Å². The van der Waals surface area contributed by atoms with Crippen molar-refractivity contribution in [1.29, 1.82) is 0 Å². The summed E-state index contributed by atoms with van der Waals surface area (Å²) in [4.78, 5) is 0. The van der Waals surface area contributed by atoms with Gasteiger partial charge in [0, 0.05) is 0 Å². The number of hydrogen-bond acceptors (Lipinski definition) is 0. The van der Waals surface area contributed by atoms with Crippen molar-refractivity contribution in [1.82, 2.24) is 0 Å². The zero-order chi connectivity index (χ0) is 15.8. The fourth-order valence-corrected chi connectivity index (χ4v) is 6.93. The van der Waals surface area contributed by atoms with Crippen molar-refractivity contribution >= 4 is 60.8 Å². The molecule has 0 spiro atoms. The van der Waals surface area contributed by atoms with Gasteiger partial charge in [-0.05, 0) is 0 Å². The molecule has 0 radical (unpaired) electrons. The molecule has 0 atom stereocenters. The molecule has 0 N–H and O–H groups in total. The molecule has 0 aromatic heterocycles. The van der Waals surface area contributed by atoms with Crippen molar-refractivity contribution in [3.05, 3.63) is 63.0 Å². The van der Waals surface area contributed by atoms with Crippen LogP contribution >= 0.6 is 15.9 Å². The van der Waals surface area contributed by atoms with Crippen molar-refractivity contribution in [3.8, 4) is 0 Å². The number of unbranched alkanes of at least 4 members (excludes halogenated alkanes) is 1. The number of benzene rings is 2. The van der Waals surface area contributed by atoms with Gasteiger partial charge in [-0.2, -0.15) is 0 Å². The van der Waals surface area contributed by atoms with E-state index in [4.69, 9.17) is 0 Å². The molecule has 0 heterocycles. The summed E-state index contributed by atoms with van der Waals surface area (Å²) in [7, 11) is 0. The zero-order valence-electron chi connectivity index (χ0n) is 13.0. The van der Waals surface area contributed by atoms with Gasteiger partial charge in [0.2, 0.25) is 0 Å². The van der Waals surface area contributed by atoms with Crippen LogP contribution in [0.1, 0.15) is 30.9 Å². The van der Waals surface area contributed by atoms with E-state index in [9.17, 15) is 0 Å². The van der Waals surface area contributed by atoms with E-state index >= 15 is 0 Å². The Balaban J connectivity index is 2.08. The Morgan fingerprint density at radius 1 is 1.09 bits per heavy atom. The molecule has 0 saturated heterocycles. The molecular weight excluding hydrogens is 466 g/mol. The molecule has 0 saturated carbocycles. The summed E-state index contributed by atoms with van der Waals surface area (Å²) in [5, 5.41) is 1.34. The van der Waals surface area contributed by atoms with Crippen molar-refractivity contribution in [2.45, 2.75) is 32.0 Å². The van der Waals surface area contributed by atoms with Gasteiger partial charge in [-0.1, -0.05) is 0 Å². The molecule has 2 rings (SSSR count). The van der Waals surface area contributed by atoms with Gasteiger partial charge in [0.15, 0.2) is 0 Å². The van der Waals surface area contributed by atoms with Gasteiger partial charge in [-0.15, -0.1) is 0 Å². The third-order valence-corrected chi connectivity index (χ3v) is 8.44. The van der Waals surface area contributed by atoms with Crippen LogP contribution in [0.3, 0.4) is 0 Å². The summed E-state index contributed by atoms with van der Waals surface area (Å²) in [5.74, 6) is 0. The Kier molecular flexibility index (Phi) is 8.00. The maximum atomic E-state index is 3.78. The second-order valence-corrected chi connectivity index (χ2v) is 11.9. The normalized spacial score (nSPS) is 11.7. The molecule has 0 amide bonds. The van der Waals surface area contributed by atoms with Crippen LogP contribution in [0.15, 0.2) is 51.9 Å². The molecule has 0 bridgehead atoms. The number of rotatable bonds is 7. The Morgan fingerprint density at radius 3 is 2.55 bits per heavy atom. The fourth-order valence-electron chi connectivity index (χ4n) is 1.93. The maximum absolute atomic E-state index is 3.78. The Bertz CT molecular complexity index is 618. The first-order chi connectivity index (χ1) is 10.7. The number of halogens is 1. The van der Waals surface area contributed by atoms with Crippen LogP contribution in [-0.4, -0.2) is 29.9 Å². The van der Waals surface area contributed by atoms with Crippen molar-refractivity contribution in [2.75, 3.05) is 0 Å². The van der Waals surface area contributed by atoms with E-state index in [2.05, 4.69) is 84.4 Å². The van der Waals surface area contributed by atoms with Crippen molar-refractivity contribution < 1.29 is 0 Å². The Morgan fingerprint density at radius 2 is 1.82 bits per heavy atom. The monoisotopic (exact) mass is 488 g/mol.